The summed E-state index contributed by atoms with van der Waals surface area (Å²) in [7, 11) is -2.37. The van der Waals surface area contributed by atoms with Gasteiger partial charge in [0.2, 0.25) is 10.0 Å². The van der Waals surface area contributed by atoms with Crippen LogP contribution in [0.3, 0.4) is 0 Å². The summed E-state index contributed by atoms with van der Waals surface area (Å²) in [5.74, 6) is 0.321. The number of nitrogens with zero attached hydrogens (tertiary/aromatic N) is 1. The Kier molecular flexibility index (Phi) is 5.32. The lowest BCUT2D eigenvalue weighted by Crippen LogP contribution is -2.41. The molecule has 1 aliphatic rings. The Balaban J connectivity index is 1.97. The number of aryl methyl sites for hydroxylation is 2. The van der Waals surface area contributed by atoms with Gasteiger partial charge in [0, 0.05) is 6.20 Å². The van der Waals surface area contributed by atoms with E-state index in [1.54, 1.807) is 30.5 Å². The summed E-state index contributed by atoms with van der Waals surface area (Å²) < 4.78 is 34.3. The van der Waals surface area contributed by atoms with E-state index < -0.39 is 16.1 Å². The van der Waals surface area contributed by atoms with E-state index in [-0.39, 0.29) is 16.9 Å². The number of rotatable bonds is 6. The fourth-order valence-corrected chi connectivity index (χ4v) is 4.74. The standard InChI is InChI=1S/C19H24N2O4S/c1-12-8-17(25-3)18(9-13(12)2)26(23,24)21-19(14-10-15(22)11-14)16-6-4-5-7-20-16/h4-9,14-15,19,21-22H,10-11H2,1-3H3/t14?,15?,19-/m1/s1. The molecule has 3 rings (SSSR count). The molecule has 0 radical (unpaired) electrons. The van der Waals surface area contributed by atoms with Crippen LogP contribution in [0, 0.1) is 19.8 Å². The molecule has 1 atom stereocenters. The maximum Gasteiger partial charge on any atom is 0.244 e. The minimum absolute atomic E-state index is 0.00668. The zero-order chi connectivity index (χ0) is 18.9. The lowest BCUT2D eigenvalue weighted by atomic mass is 9.76. The summed E-state index contributed by atoms with van der Waals surface area (Å²) in [5.41, 5.74) is 2.49. The van der Waals surface area contributed by atoms with Crippen molar-refractivity contribution in [2.45, 2.75) is 43.7 Å². The van der Waals surface area contributed by atoms with Crippen molar-refractivity contribution < 1.29 is 18.3 Å². The summed E-state index contributed by atoms with van der Waals surface area (Å²) in [6, 6.07) is 8.28. The molecule has 7 heteroatoms. The third-order valence-corrected chi connectivity index (χ3v) is 6.44. The number of methoxy groups -OCH3 is 1. The Bertz CT molecular complexity index is 878. The van der Waals surface area contributed by atoms with Crippen LogP contribution < -0.4 is 9.46 Å². The minimum atomic E-state index is -3.82. The summed E-state index contributed by atoms with van der Waals surface area (Å²) >= 11 is 0. The Labute approximate surface area is 154 Å². The van der Waals surface area contributed by atoms with Crippen molar-refractivity contribution in [3.05, 3.63) is 53.3 Å². The van der Waals surface area contributed by atoms with Gasteiger partial charge in [-0.15, -0.1) is 0 Å². The highest BCUT2D eigenvalue weighted by Gasteiger charge is 2.38. The molecular weight excluding hydrogens is 352 g/mol. The minimum Gasteiger partial charge on any atom is -0.495 e. The lowest BCUT2D eigenvalue weighted by Gasteiger charge is -2.37. The second-order valence-electron chi connectivity index (χ2n) is 6.83. The molecule has 2 aromatic rings. The number of pyridine rings is 1. The van der Waals surface area contributed by atoms with Crippen molar-refractivity contribution in [1.29, 1.82) is 0 Å². The van der Waals surface area contributed by atoms with Crippen LogP contribution in [0.25, 0.3) is 0 Å². The second kappa shape index (κ2) is 7.34. The highest BCUT2D eigenvalue weighted by Crippen LogP contribution is 2.39. The number of aliphatic hydroxyl groups is 1. The lowest BCUT2D eigenvalue weighted by molar-refractivity contribution is 0.0273. The number of hydrogen-bond acceptors (Lipinski definition) is 5. The topological polar surface area (TPSA) is 88.5 Å². The number of benzene rings is 1. The average molecular weight is 376 g/mol. The van der Waals surface area contributed by atoms with Crippen LogP contribution in [0.4, 0.5) is 0 Å². The molecule has 6 nitrogen and oxygen atoms in total. The second-order valence-corrected chi connectivity index (χ2v) is 8.51. The maximum atomic E-state index is 13.1. The molecule has 1 heterocycles. The van der Waals surface area contributed by atoms with Crippen molar-refractivity contribution in [3.63, 3.8) is 0 Å². The van der Waals surface area contributed by atoms with Crippen molar-refractivity contribution >= 4 is 10.0 Å². The fourth-order valence-electron chi connectivity index (χ4n) is 3.22. The van der Waals surface area contributed by atoms with E-state index in [2.05, 4.69) is 9.71 Å². The highest BCUT2D eigenvalue weighted by molar-refractivity contribution is 7.89. The predicted molar refractivity (Wildman–Crippen MR) is 98.5 cm³/mol. The van der Waals surface area contributed by atoms with Gasteiger partial charge >= 0.3 is 0 Å². The molecule has 1 aliphatic carbocycles. The van der Waals surface area contributed by atoms with Crippen LogP contribution in [-0.2, 0) is 10.0 Å². The van der Waals surface area contributed by atoms with E-state index in [0.29, 0.717) is 24.3 Å². The van der Waals surface area contributed by atoms with Gasteiger partial charge in [0.25, 0.3) is 0 Å². The summed E-state index contributed by atoms with van der Waals surface area (Å²) in [6.45, 7) is 3.78. The van der Waals surface area contributed by atoms with Gasteiger partial charge in [-0.1, -0.05) is 6.07 Å². The van der Waals surface area contributed by atoms with Gasteiger partial charge < -0.3 is 9.84 Å². The molecule has 0 amide bonds. The molecule has 0 aliphatic heterocycles. The van der Waals surface area contributed by atoms with Crippen molar-refractivity contribution in [2.75, 3.05) is 7.11 Å². The zero-order valence-corrected chi connectivity index (χ0v) is 16.0. The molecule has 0 unspecified atom stereocenters. The first kappa shape index (κ1) is 18.8. The summed E-state index contributed by atoms with van der Waals surface area (Å²) in [6.07, 6.45) is 2.36. The van der Waals surface area contributed by atoms with Gasteiger partial charge in [-0.25, -0.2) is 13.1 Å². The molecule has 2 N–H and O–H groups in total. The average Bonchev–Trinajstić information content (AvgIpc) is 2.60. The Morgan fingerprint density at radius 3 is 2.50 bits per heavy atom. The Morgan fingerprint density at radius 2 is 1.92 bits per heavy atom. The normalized spacial score (nSPS) is 21.1. The van der Waals surface area contributed by atoms with Crippen LogP contribution in [0.15, 0.2) is 41.4 Å². The molecule has 0 saturated heterocycles. The molecule has 1 aromatic carbocycles. The molecule has 26 heavy (non-hydrogen) atoms. The SMILES string of the molecule is COc1cc(C)c(C)cc1S(=O)(=O)N[C@@H](c1ccccn1)C1CC(O)C1. The molecule has 1 fully saturated rings. The molecule has 1 saturated carbocycles. The van der Waals surface area contributed by atoms with Crippen LogP contribution in [0.2, 0.25) is 0 Å². The molecule has 140 valence electrons. The van der Waals surface area contributed by atoms with E-state index in [1.165, 1.54) is 7.11 Å². The quantitative estimate of drug-likeness (QED) is 0.809. The van der Waals surface area contributed by atoms with Crippen LogP contribution in [0.5, 0.6) is 5.75 Å². The Morgan fingerprint density at radius 1 is 1.23 bits per heavy atom. The monoisotopic (exact) mass is 376 g/mol. The summed E-state index contributed by atoms with van der Waals surface area (Å²) in [5, 5.41) is 9.66. The third kappa shape index (κ3) is 3.75. The highest BCUT2D eigenvalue weighted by atomic mass is 32.2. The Hall–Kier alpha value is -1.96. The number of aromatic nitrogens is 1. The van der Waals surface area contributed by atoms with Gasteiger partial charge in [0.15, 0.2) is 0 Å². The van der Waals surface area contributed by atoms with Crippen molar-refractivity contribution in [2.24, 2.45) is 5.92 Å². The number of nitrogens with one attached hydrogen (secondary N) is 1. The summed E-state index contributed by atoms with van der Waals surface area (Å²) in [4.78, 5) is 4.43. The van der Waals surface area contributed by atoms with Crippen molar-refractivity contribution in [1.82, 2.24) is 9.71 Å². The fraction of sp³-hybridized carbons (Fsp3) is 0.421. The van der Waals surface area contributed by atoms with Crippen LogP contribution >= 0.6 is 0 Å². The number of ether oxygens (including phenoxy) is 1. The van der Waals surface area contributed by atoms with E-state index in [9.17, 15) is 13.5 Å². The van der Waals surface area contributed by atoms with Crippen molar-refractivity contribution in [3.8, 4) is 5.75 Å². The maximum absolute atomic E-state index is 13.1. The predicted octanol–water partition coefficient (Wildman–Crippen LogP) is 2.50. The number of aliphatic hydroxyl groups excluding tert-OH is 1. The van der Waals surface area contributed by atoms with Gasteiger partial charge in [0.1, 0.15) is 10.6 Å². The van der Waals surface area contributed by atoms with Gasteiger partial charge in [-0.2, -0.15) is 0 Å². The van der Waals surface area contributed by atoms with Crippen LogP contribution in [0.1, 0.15) is 35.7 Å². The first-order valence-corrected chi connectivity index (χ1v) is 10.1. The molecule has 1 aromatic heterocycles. The van der Waals surface area contributed by atoms with E-state index in [1.807, 2.05) is 19.9 Å². The van der Waals surface area contributed by atoms with Gasteiger partial charge in [0.05, 0.1) is 24.9 Å². The smallest absolute Gasteiger partial charge is 0.244 e. The first-order chi connectivity index (χ1) is 12.3. The van der Waals surface area contributed by atoms with E-state index in [0.717, 1.165) is 11.1 Å². The van der Waals surface area contributed by atoms with E-state index >= 15 is 0 Å². The largest absolute Gasteiger partial charge is 0.495 e. The number of sulfonamides is 1. The molecule has 0 spiro atoms. The third-order valence-electron chi connectivity index (χ3n) is 4.98. The van der Waals surface area contributed by atoms with Crippen LogP contribution in [-0.4, -0.2) is 31.7 Å². The molecular formula is C19H24N2O4S. The van der Waals surface area contributed by atoms with Gasteiger partial charge in [-0.3, -0.25) is 4.98 Å². The zero-order valence-electron chi connectivity index (χ0n) is 15.1. The number of hydrogen-bond donors (Lipinski definition) is 2. The first-order valence-electron chi connectivity index (χ1n) is 8.58. The van der Waals surface area contributed by atoms with Gasteiger partial charge in [-0.05, 0) is 68.0 Å². The molecule has 0 bridgehead atoms. The van der Waals surface area contributed by atoms with E-state index in [4.69, 9.17) is 4.74 Å².